The maximum absolute atomic E-state index is 13.2. The Morgan fingerprint density at radius 1 is 1.09 bits per heavy atom. The molecule has 0 saturated carbocycles. The topological polar surface area (TPSA) is 115 Å². The SMILES string of the molecule is COc1ncc(-c2cnc(Nc3cc(C)cc(C)c3)nc2-n2ccc(C(F)(F)F)n2)cc1C(=O)O. The van der Waals surface area contributed by atoms with E-state index in [9.17, 15) is 23.1 Å². The number of carboxylic acid groups (broad SMARTS) is 1. The van der Waals surface area contributed by atoms with Crippen molar-refractivity contribution in [3.05, 3.63) is 71.3 Å². The van der Waals surface area contributed by atoms with Gasteiger partial charge in [0.2, 0.25) is 11.8 Å². The van der Waals surface area contributed by atoms with Crippen molar-refractivity contribution in [1.82, 2.24) is 24.7 Å². The van der Waals surface area contributed by atoms with E-state index in [1.165, 1.54) is 25.6 Å². The molecule has 1 aromatic carbocycles. The monoisotopic (exact) mass is 484 g/mol. The number of pyridine rings is 1. The van der Waals surface area contributed by atoms with Gasteiger partial charge in [0.05, 0.1) is 7.11 Å². The summed E-state index contributed by atoms with van der Waals surface area (Å²) in [6, 6.07) is 7.82. The lowest BCUT2D eigenvalue weighted by Gasteiger charge is -2.13. The Morgan fingerprint density at radius 3 is 2.40 bits per heavy atom. The fourth-order valence-electron chi connectivity index (χ4n) is 3.50. The number of nitrogens with zero attached hydrogens (tertiary/aromatic N) is 5. The molecule has 0 aliphatic rings. The number of halogens is 3. The van der Waals surface area contributed by atoms with E-state index in [0.717, 1.165) is 28.1 Å². The number of benzene rings is 1. The summed E-state index contributed by atoms with van der Waals surface area (Å²) in [5, 5.41) is 16.2. The highest BCUT2D eigenvalue weighted by atomic mass is 19.4. The normalized spacial score (nSPS) is 11.4. The second kappa shape index (κ2) is 9.05. The first-order valence-electron chi connectivity index (χ1n) is 10.2. The Morgan fingerprint density at radius 2 is 1.80 bits per heavy atom. The van der Waals surface area contributed by atoms with Crippen LogP contribution >= 0.6 is 0 Å². The summed E-state index contributed by atoms with van der Waals surface area (Å²) in [5.74, 6) is -1.30. The quantitative estimate of drug-likeness (QED) is 0.401. The molecule has 35 heavy (non-hydrogen) atoms. The van der Waals surface area contributed by atoms with Gasteiger partial charge in [-0.15, -0.1) is 0 Å². The third kappa shape index (κ3) is 5.05. The number of ether oxygens (including phenoxy) is 1. The minimum atomic E-state index is -4.66. The number of hydrogen-bond acceptors (Lipinski definition) is 7. The van der Waals surface area contributed by atoms with Crippen LogP contribution in [0.25, 0.3) is 16.9 Å². The van der Waals surface area contributed by atoms with Crippen LogP contribution in [0.5, 0.6) is 5.88 Å². The van der Waals surface area contributed by atoms with Crippen LogP contribution in [0, 0.1) is 13.8 Å². The number of carboxylic acids is 1. The Bertz CT molecular complexity index is 1400. The van der Waals surface area contributed by atoms with Gasteiger partial charge in [0.25, 0.3) is 0 Å². The first-order chi connectivity index (χ1) is 16.5. The number of carbonyl (C=O) groups is 1. The van der Waals surface area contributed by atoms with Gasteiger partial charge in [0.15, 0.2) is 11.5 Å². The molecule has 0 amide bonds. The standard InChI is InChI=1S/C23H19F3N6O3/c1-12-6-13(2)8-15(7-12)29-22-28-11-17(14-9-16(21(33)34)20(35-3)27-10-14)19(30-22)32-5-4-18(31-32)23(24,25)26/h4-11H,1-3H3,(H,33,34)(H,28,29,30). The van der Waals surface area contributed by atoms with Gasteiger partial charge in [0, 0.05) is 35.4 Å². The lowest BCUT2D eigenvalue weighted by atomic mass is 10.1. The van der Waals surface area contributed by atoms with Crippen molar-refractivity contribution in [2.75, 3.05) is 12.4 Å². The predicted octanol–water partition coefficient (Wildman–Crippen LogP) is 4.81. The molecular formula is C23H19F3N6O3. The van der Waals surface area contributed by atoms with Gasteiger partial charge >= 0.3 is 12.1 Å². The number of rotatable bonds is 6. The zero-order valence-corrected chi connectivity index (χ0v) is 18.8. The Kier molecular flexibility index (Phi) is 6.12. The number of nitrogens with one attached hydrogen (secondary N) is 1. The van der Waals surface area contributed by atoms with Crippen molar-refractivity contribution >= 4 is 17.6 Å². The zero-order chi connectivity index (χ0) is 25.3. The van der Waals surface area contributed by atoms with E-state index in [-0.39, 0.29) is 34.3 Å². The highest BCUT2D eigenvalue weighted by Crippen LogP contribution is 2.32. The number of anilines is 2. The Balaban J connectivity index is 1.85. The van der Waals surface area contributed by atoms with Crippen LogP contribution in [-0.2, 0) is 6.18 Å². The van der Waals surface area contributed by atoms with Gasteiger partial charge in [-0.2, -0.15) is 23.3 Å². The fourth-order valence-corrected chi connectivity index (χ4v) is 3.50. The summed E-state index contributed by atoms with van der Waals surface area (Å²) >= 11 is 0. The number of aryl methyl sites for hydroxylation is 2. The summed E-state index contributed by atoms with van der Waals surface area (Å²) in [6.45, 7) is 3.85. The minimum Gasteiger partial charge on any atom is -0.480 e. The van der Waals surface area contributed by atoms with Crippen LogP contribution in [0.1, 0.15) is 27.2 Å². The highest BCUT2D eigenvalue weighted by Gasteiger charge is 2.34. The molecule has 4 aromatic rings. The molecule has 12 heteroatoms. The minimum absolute atomic E-state index is 0.00863. The summed E-state index contributed by atoms with van der Waals surface area (Å²) in [5.41, 5.74) is 1.81. The zero-order valence-electron chi connectivity index (χ0n) is 18.8. The van der Waals surface area contributed by atoms with Crippen LogP contribution in [0.3, 0.4) is 0 Å². The van der Waals surface area contributed by atoms with Crippen LogP contribution in [0.2, 0.25) is 0 Å². The highest BCUT2D eigenvalue weighted by molar-refractivity contribution is 5.92. The molecule has 0 fully saturated rings. The van der Waals surface area contributed by atoms with Crippen molar-refractivity contribution in [2.45, 2.75) is 20.0 Å². The van der Waals surface area contributed by atoms with E-state index in [2.05, 4.69) is 25.4 Å². The summed E-state index contributed by atoms with van der Waals surface area (Å²) in [4.78, 5) is 24.3. The lowest BCUT2D eigenvalue weighted by Crippen LogP contribution is -2.10. The second-order valence-electron chi connectivity index (χ2n) is 7.66. The number of aromatic carboxylic acids is 1. The lowest BCUT2D eigenvalue weighted by molar-refractivity contribution is -0.141. The summed E-state index contributed by atoms with van der Waals surface area (Å²) in [6.07, 6.45) is -0.864. The summed E-state index contributed by atoms with van der Waals surface area (Å²) < 4.78 is 45.5. The van der Waals surface area contributed by atoms with Crippen LogP contribution in [0.15, 0.2) is 48.9 Å². The van der Waals surface area contributed by atoms with Crippen molar-refractivity contribution in [3.63, 3.8) is 0 Å². The van der Waals surface area contributed by atoms with Gasteiger partial charge in [-0.1, -0.05) is 6.07 Å². The number of aromatic nitrogens is 5. The van der Waals surface area contributed by atoms with Gasteiger partial charge in [-0.25, -0.2) is 19.4 Å². The molecule has 180 valence electrons. The molecule has 0 bridgehead atoms. The molecule has 0 unspecified atom stereocenters. The van der Waals surface area contributed by atoms with Crippen molar-refractivity contribution in [1.29, 1.82) is 0 Å². The Hall–Kier alpha value is -4.48. The average Bonchev–Trinajstić information content (AvgIpc) is 3.29. The molecule has 0 aliphatic heterocycles. The smallest absolute Gasteiger partial charge is 0.435 e. The van der Waals surface area contributed by atoms with E-state index in [1.54, 1.807) is 0 Å². The van der Waals surface area contributed by atoms with Crippen molar-refractivity contribution in [2.24, 2.45) is 0 Å². The van der Waals surface area contributed by atoms with Gasteiger partial charge in [-0.3, -0.25) is 0 Å². The van der Waals surface area contributed by atoms with Crippen LogP contribution in [-0.4, -0.2) is 42.9 Å². The van der Waals surface area contributed by atoms with Crippen molar-refractivity contribution < 1.29 is 27.8 Å². The van der Waals surface area contributed by atoms with Gasteiger partial charge in [0.1, 0.15) is 5.56 Å². The Labute approximate surface area is 197 Å². The van der Waals surface area contributed by atoms with Gasteiger partial charge < -0.3 is 15.2 Å². The molecule has 4 rings (SSSR count). The first-order valence-corrected chi connectivity index (χ1v) is 10.2. The molecule has 3 heterocycles. The van der Waals surface area contributed by atoms with E-state index in [1.807, 2.05) is 32.0 Å². The average molecular weight is 484 g/mol. The van der Waals surface area contributed by atoms with Gasteiger partial charge in [-0.05, 0) is 49.2 Å². The van der Waals surface area contributed by atoms with Crippen LogP contribution < -0.4 is 10.1 Å². The molecule has 0 atom stereocenters. The third-order valence-corrected chi connectivity index (χ3v) is 4.93. The molecule has 0 aliphatic carbocycles. The second-order valence-corrected chi connectivity index (χ2v) is 7.66. The first kappa shape index (κ1) is 23.7. The molecule has 0 radical (unpaired) electrons. The molecule has 3 aromatic heterocycles. The van der Waals surface area contributed by atoms with E-state index < -0.39 is 17.8 Å². The molecule has 2 N–H and O–H groups in total. The maximum atomic E-state index is 13.2. The number of alkyl halides is 3. The van der Waals surface area contributed by atoms with E-state index in [0.29, 0.717) is 5.69 Å². The van der Waals surface area contributed by atoms with E-state index in [4.69, 9.17) is 4.74 Å². The molecule has 0 spiro atoms. The maximum Gasteiger partial charge on any atom is 0.435 e. The molecular weight excluding hydrogens is 465 g/mol. The third-order valence-electron chi connectivity index (χ3n) is 4.93. The number of methoxy groups -OCH3 is 1. The van der Waals surface area contributed by atoms with E-state index >= 15 is 0 Å². The van der Waals surface area contributed by atoms with Crippen LogP contribution in [0.4, 0.5) is 24.8 Å². The molecule has 9 nitrogen and oxygen atoms in total. The predicted molar refractivity (Wildman–Crippen MR) is 120 cm³/mol. The fraction of sp³-hybridized carbons (Fsp3) is 0.174. The largest absolute Gasteiger partial charge is 0.480 e. The summed E-state index contributed by atoms with van der Waals surface area (Å²) in [7, 11) is 1.28. The van der Waals surface area contributed by atoms with Crippen molar-refractivity contribution in [3.8, 4) is 22.8 Å². The number of hydrogen-bond donors (Lipinski definition) is 2. The molecule has 0 saturated heterocycles.